The molecule has 32 heavy (non-hydrogen) atoms. The van der Waals surface area contributed by atoms with E-state index in [0.29, 0.717) is 29.5 Å². The maximum absolute atomic E-state index is 13.6. The number of amides is 1. The lowest BCUT2D eigenvalue weighted by atomic mass is 10.3. The molecule has 0 aliphatic rings. The zero-order valence-corrected chi connectivity index (χ0v) is 19.4. The lowest BCUT2D eigenvalue weighted by Crippen LogP contribution is -2.39. The number of benzene rings is 2. The van der Waals surface area contributed by atoms with Gasteiger partial charge in [-0.2, -0.15) is 0 Å². The molecule has 0 unspecified atom stereocenters. The quantitative estimate of drug-likeness (QED) is 0.371. The molecule has 0 atom stereocenters. The average molecular weight is 450 g/mol. The van der Waals surface area contributed by atoms with Crippen molar-refractivity contribution in [2.45, 2.75) is 20.8 Å². The summed E-state index contributed by atoms with van der Waals surface area (Å²) in [5, 5.41) is 0.653. The van der Waals surface area contributed by atoms with Gasteiger partial charge in [0.1, 0.15) is 11.4 Å². The lowest BCUT2D eigenvalue weighted by Gasteiger charge is -2.24. The fraction of sp³-hybridized carbons (Fsp3) is 0.333. The van der Waals surface area contributed by atoms with Gasteiger partial charge in [0.05, 0.1) is 34.1 Å². The Labute approximate surface area is 191 Å². The number of aromatic nitrogens is 3. The number of fused-ring (bicyclic) bond motifs is 2. The van der Waals surface area contributed by atoms with Gasteiger partial charge in [-0.15, -0.1) is 0 Å². The van der Waals surface area contributed by atoms with Crippen LogP contribution in [-0.2, 0) is 0 Å². The molecule has 0 radical (unpaired) electrons. The SMILES string of the molecule is CCOc1ccc2nc(N(CCN(CC)CC)C(=O)c3cnc4ccccc4n3)sc2c1. The summed E-state index contributed by atoms with van der Waals surface area (Å²) in [7, 11) is 0. The van der Waals surface area contributed by atoms with E-state index in [-0.39, 0.29) is 5.91 Å². The van der Waals surface area contributed by atoms with Crippen LogP contribution in [0.1, 0.15) is 31.3 Å². The first-order valence-corrected chi connectivity index (χ1v) is 11.7. The largest absolute Gasteiger partial charge is 0.494 e. The van der Waals surface area contributed by atoms with Crippen molar-refractivity contribution in [1.82, 2.24) is 19.9 Å². The van der Waals surface area contributed by atoms with Crippen molar-refractivity contribution in [3.63, 3.8) is 0 Å². The van der Waals surface area contributed by atoms with Gasteiger partial charge in [-0.25, -0.2) is 9.97 Å². The summed E-state index contributed by atoms with van der Waals surface area (Å²) in [5.74, 6) is 0.608. The van der Waals surface area contributed by atoms with Crippen molar-refractivity contribution in [3.05, 3.63) is 54.4 Å². The van der Waals surface area contributed by atoms with Gasteiger partial charge in [-0.1, -0.05) is 37.3 Å². The van der Waals surface area contributed by atoms with E-state index in [4.69, 9.17) is 9.72 Å². The van der Waals surface area contributed by atoms with Gasteiger partial charge in [-0.05, 0) is 50.3 Å². The highest BCUT2D eigenvalue weighted by atomic mass is 32.1. The number of carbonyl (C=O) groups excluding carboxylic acids is 1. The number of likely N-dealkylation sites (N-methyl/N-ethyl adjacent to an activating group) is 1. The zero-order valence-electron chi connectivity index (χ0n) is 18.6. The molecule has 8 heteroatoms. The summed E-state index contributed by atoms with van der Waals surface area (Å²) in [5.41, 5.74) is 2.63. The fourth-order valence-corrected chi connectivity index (χ4v) is 4.55. The Morgan fingerprint density at radius 1 is 0.969 bits per heavy atom. The van der Waals surface area contributed by atoms with Crippen LogP contribution in [0, 0.1) is 0 Å². The number of para-hydroxylation sites is 2. The molecule has 7 nitrogen and oxygen atoms in total. The van der Waals surface area contributed by atoms with Crippen LogP contribution in [0.25, 0.3) is 21.3 Å². The molecule has 0 saturated carbocycles. The second kappa shape index (κ2) is 10.0. The number of hydrogen-bond donors (Lipinski definition) is 0. The van der Waals surface area contributed by atoms with E-state index in [1.807, 2.05) is 49.4 Å². The highest BCUT2D eigenvalue weighted by molar-refractivity contribution is 7.22. The van der Waals surface area contributed by atoms with Crippen LogP contribution in [0.15, 0.2) is 48.7 Å². The Bertz CT molecular complexity index is 1220. The first-order valence-electron chi connectivity index (χ1n) is 10.9. The van der Waals surface area contributed by atoms with Crippen LogP contribution in [0.3, 0.4) is 0 Å². The van der Waals surface area contributed by atoms with Gasteiger partial charge in [0.2, 0.25) is 0 Å². The molecule has 0 spiro atoms. The summed E-state index contributed by atoms with van der Waals surface area (Å²) in [6.07, 6.45) is 1.55. The Morgan fingerprint density at radius 2 is 1.75 bits per heavy atom. The molecular weight excluding hydrogens is 422 g/mol. The van der Waals surface area contributed by atoms with E-state index >= 15 is 0 Å². The summed E-state index contributed by atoms with van der Waals surface area (Å²) in [6, 6.07) is 13.4. The van der Waals surface area contributed by atoms with E-state index in [2.05, 4.69) is 28.7 Å². The molecule has 4 aromatic rings. The highest BCUT2D eigenvalue weighted by Crippen LogP contribution is 2.32. The third-order valence-electron chi connectivity index (χ3n) is 5.34. The van der Waals surface area contributed by atoms with Gasteiger partial charge in [0.15, 0.2) is 5.13 Å². The molecule has 0 N–H and O–H groups in total. The number of nitrogens with zero attached hydrogens (tertiary/aromatic N) is 5. The molecule has 0 saturated heterocycles. The van der Waals surface area contributed by atoms with Crippen molar-refractivity contribution < 1.29 is 9.53 Å². The van der Waals surface area contributed by atoms with E-state index in [1.54, 1.807) is 11.1 Å². The number of thiazole rings is 1. The topological polar surface area (TPSA) is 71.5 Å². The third kappa shape index (κ3) is 4.71. The number of rotatable bonds is 9. The van der Waals surface area contributed by atoms with Crippen molar-refractivity contribution in [3.8, 4) is 5.75 Å². The van der Waals surface area contributed by atoms with Crippen LogP contribution in [0.4, 0.5) is 5.13 Å². The van der Waals surface area contributed by atoms with Crippen molar-refractivity contribution in [2.24, 2.45) is 0 Å². The van der Waals surface area contributed by atoms with Gasteiger partial charge in [0.25, 0.3) is 5.91 Å². The first-order chi connectivity index (χ1) is 15.6. The smallest absolute Gasteiger partial charge is 0.280 e. The van der Waals surface area contributed by atoms with Gasteiger partial charge < -0.3 is 9.64 Å². The minimum atomic E-state index is -0.195. The number of carbonyl (C=O) groups is 1. The number of ether oxygens (including phenoxy) is 1. The molecule has 2 aromatic heterocycles. The Balaban J connectivity index is 1.70. The molecule has 0 aliphatic heterocycles. The van der Waals surface area contributed by atoms with Crippen molar-refractivity contribution in [2.75, 3.05) is 37.7 Å². The summed E-state index contributed by atoms with van der Waals surface area (Å²) < 4.78 is 6.61. The third-order valence-corrected chi connectivity index (χ3v) is 6.38. The molecule has 2 aromatic carbocycles. The standard InChI is InChI=1S/C24H27N5O2S/c1-4-28(5-2)13-14-29(23(30)21-16-25-18-9-7-8-10-19(18)26-21)24-27-20-12-11-17(31-6-3)15-22(20)32-24/h7-12,15-16H,4-6,13-14H2,1-3H3. The first kappa shape index (κ1) is 22.1. The van der Waals surface area contributed by atoms with E-state index in [9.17, 15) is 4.79 Å². The summed E-state index contributed by atoms with van der Waals surface area (Å²) in [6.45, 7) is 9.92. The maximum Gasteiger partial charge on any atom is 0.280 e. The molecular formula is C24H27N5O2S. The minimum absolute atomic E-state index is 0.195. The molecule has 166 valence electrons. The Hall–Kier alpha value is -3.10. The normalized spacial score (nSPS) is 11.4. The second-order valence-electron chi connectivity index (χ2n) is 7.29. The number of anilines is 1. The van der Waals surface area contributed by atoms with Crippen LogP contribution in [0.5, 0.6) is 5.75 Å². The van der Waals surface area contributed by atoms with Crippen LogP contribution in [-0.4, -0.2) is 58.5 Å². The second-order valence-corrected chi connectivity index (χ2v) is 8.30. The zero-order chi connectivity index (χ0) is 22.5. The molecule has 0 aliphatic carbocycles. The van der Waals surface area contributed by atoms with Crippen LogP contribution < -0.4 is 9.64 Å². The van der Waals surface area contributed by atoms with Gasteiger partial charge in [-0.3, -0.25) is 14.7 Å². The Kier molecular flexibility index (Phi) is 6.92. The van der Waals surface area contributed by atoms with Gasteiger partial charge in [0, 0.05) is 13.1 Å². The van der Waals surface area contributed by atoms with Gasteiger partial charge >= 0.3 is 0 Å². The van der Waals surface area contributed by atoms with Crippen molar-refractivity contribution >= 4 is 43.6 Å². The minimum Gasteiger partial charge on any atom is -0.494 e. The van der Waals surface area contributed by atoms with Crippen LogP contribution in [0.2, 0.25) is 0 Å². The molecule has 4 rings (SSSR count). The maximum atomic E-state index is 13.6. The van der Waals surface area contributed by atoms with Crippen molar-refractivity contribution in [1.29, 1.82) is 0 Å². The average Bonchev–Trinajstić information content (AvgIpc) is 3.24. The number of hydrogen-bond acceptors (Lipinski definition) is 7. The summed E-state index contributed by atoms with van der Waals surface area (Å²) in [4.78, 5) is 31.3. The monoisotopic (exact) mass is 449 g/mol. The summed E-state index contributed by atoms with van der Waals surface area (Å²) >= 11 is 1.49. The molecule has 1 amide bonds. The molecule has 2 heterocycles. The highest BCUT2D eigenvalue weighted by Gasteiger charge is 2.23. The molecule has 0 bridgehead atoms. The van der Waals surface area contributed by atoms with Crippen LogP contribution >= 0.6 is 11.3 Å². The predicted octanol–water partition coefficient (Wildman–Crippen LogP) is 4.63. The predicted molar refractivity (Wildman–Crippen MR) is 130 cm³/mol. The van der Waals surface area contributed by atoms with E-state index in [1.165, 1.54) is 11.3 Å². The Morgan fingerprint density at radius 3 is 2.50 bits per heavy atom. The van der Waals surface area contributed by atoms with E-state index < -0.39 is 0 Å². The molecule has 0 fully saturated rings. The lowest BCUT2D eigenvalue weighted by molar-refractivity contribution is 0.0979. The fourth-order valence-electron chi connectivity index (χ4n) is 3.53. The van der Waals surface area contributed by atoms with E-state index in [0.717, 1.165) is 41.1 Å².